The predicted octanol–water partition coefficient (Wildman–Crippen LogP) is 4.01. The minimum Gasteiger partial charge on any atom is -0.392 e. The third kappa shape index (κ3) is 6.00. The van der Waals surface area contributed by atoms with Gasteiger partial charge in [0.15, 0.2) is 11.6 Å². The second kappa shape index (κ2) is 12.4. The van der Waals surface area contributed by atoms with Crippen LogP contribution in [0.25, 0.3) is 11.1 Å². The monoisotopic (exact) mass is 630 g/mol. The molecule has 0 saturated heterocycles. The number of fused-ring (bicyclic) bond motifs is 2. The lowest BCUT2D eigenvalue weighted by Gasteiger charge is -2.27. The van der Waals surface area contributed by atoms with Crippen LogP contribution in [0.3, 0.4) is 0 Å². The summed E-state index contributed by atoms with van der Waals surface area (Å²) < 4.78 is 3.73. The Morgan fingerprint density at radius 3 is 2.07 bits per heavy atom. The Morgan fingerprint density at radius 1 is 0.867 bits per heavy atom. The first kappa shape index (κ1) is 31.0. The summed E-state index contributed by atoms with van der Waals surface area (Å²) in [5, 5.41) is 16.2. The Morgan fingerprint density at radius 2 is 1.42 bits per heavy atom. The van der Waals surface area contributed by atoms with Gasteiger partial charge >= 0.3 is 0 Å². The van der Waals surface area contributed by atoms with Crippen molar-refractivity contribution in [2.75, 3.05) is 37.3 Å². The summed E-state index contributed by atoms with van der Waals surface area (Å²) in [6.07, 6.45) is 1.18. The number of carbonyl (C=O) groups is 2. The highest BCUT2D eigenvalue weighted by Crippen LogP contribution is 2.38. The highest BCUT2D eigenvalue weighted by atomic mass is 35.5. The van der Waals surface area contributed by atoms with Crippen LogP contribution in [0.15, 0.2) is 36.4 Å². The fraction of sp³-hybridized carbons (Fsp3) is 0.394. The number of carbonyl (C=O) groups excluding carboxylic acids is 2. The van der Waals surface area contributed by atoms with Crippen LogP contribution in [0.5, 0.6) is 0 Å². The average molecular weight is 631 g/mol. The minimum atomic E-state index is -0.429. The van der Waals surface area contributed by atoms with Crippen molar-refractivity contribution >= 4 is 34.8 Å². The molecule has 0 fully saturated rings. The molecule has 11 nitrogen and oxygen atoms in total. The van der Waals surface area contributed by atoms with Gasteiger partial charge in [0.1, 0.15) is 0 Å². The molecule has 1 atom stereocenters. The topological polar surface area (TPSA) is 121 Å². The molecule has 12 heteroatoms. The Kier molecular flexibility index (Phi) is 8.53. The summed E-state index contributed by atoms with van der Waals surface area (Å²) in [7, 11) is 5.80. The number of aliphatic hydroxyl groups excluding tert-OH is 1. The van der Waals surface area contributed by atoms with Crippen LogP contribution in [0.4, 0.5) is 11.4 Å². The zero-order valence-corrected chi connectivity index (χ0v) is 27.1. The fourth-order valence-corrected chi connectivity index (χ4v) is 6.71. The maximum atomic E-state index is 13.4. The van der Waals surface area contributed by atoms with Crippen LogP contribution in [0.2, 0.25) is 5.02 Å². The van der Waals surface area contributed by atoms with Gasteiger partial charge in [-0.15, -0.1) is 0 Å². The van der Waals surface area contributed by atoms with Crippen molar-refractivity contribution in [1.29, 1.82) is 0 Å². The Hall–Kier alpha value is -4.03. The lowest BCUT2D eigenvalue weighted by molar-refractivity contribution is 0.100. The van der Waals surface area contributed by atoms with Crippen molar-refractivity contribution in [2.45, 2.75) is 45.9 Å². The number of benzene rings is 2. The molecule has 4 heterocycles. The first-order chi connectivity index (χ1) is 21.5. The molecule has 0 saturated carbocycles. The van der Waals surface area contributed by atoms with E-state index in [1.807, 2.05) is 60.5 Å². The lowest BCUT2D eigenvalue weighted by Crippen LogP contribution is -2.36. The minimum absolute atomic E-state index is 0.270. The van der Waals surface area contributed by atoms with Crippen LogP contribution in [0, 0.1) is 6.92 Å². The summed E-state index contributed by atoms with van der Waals surface area (Å²) in [5.41, 5.74) is 7.43. The van der Waals surface area contributed by atoms with E-state index in [4.69, 9.17) is 11.6 Å². The molecule has 4 aromatic rings. The van der Waals surface area contributed by atoms with E-state index in [1.54, 1.807) is 13.0 Å². The average Bonchev–Trinajstić information content (AvgIpc) is 3.50. The first-order valence-electron chi connectivity index (χ1n) is 15.2. The summed E-state index contributed by atoms with van der Waals surface area (Å²) in [6.45, 7) is 7.31. The molecule has 0 spiro atoms. The molecule has 2 amide bonds. The number of imidazole rings is 2. The second-order valence-electron chi connectivity index (χ2n) is 12.2. The molecular formula is C33H39ClN8O3. The Labute approximate surface area is 267 Å². The van der Waals surface area contributed by atoms with Gasteiger partial charge in [-0.05, 0) is 44.2 Å². The zero-order valence-electron chi connectivity index (χ0n) is 26.3. The Bertz CT molecular complexity index is 1790. The number of likely N-dealkylation sites (N-methyl/N-ethyl adjacent to an activating group) is 1. The van der Waals surface area contributed by atoms with E-state index in [1.165, 1.54) is 0 Å². The molecule has 2 aliphatic rings. The van der Waals surface area contributed by atoms with Crippen molar-refractivity contribution in [3.8, 4) is 11.1 Å². The number of aliphatic hydroxyl groups is 1. The molecule has 0 radical (unpaired) electrons. The van der Waals surface area contributed by atoms with Crippen LogP contribution in [0.1, 0.15) is 56.5 Å². The summed E-state index contributed by atoms with van der Waals surface area (Å²) in [5.74, 6) is 0.0710. The van der Waals surface area contributed by atoms with Crippen molar-refractivity contribution in [3.05, 3.63) is 81.4 Å². The largest absolute Gasteiger partial charge is 0.392 e. The van der Waals surface area contributed by atoms with Crippen molar-refractivity contribution < 1.29 is 14.7 Å². The fourth-order valence-electron chi connectivity index (χ4n) is 6.43. The Balaban J connectivity index is 1.22. The summed E-state index contributed by atoms with van der Waals surface area (Å²) >= 11 is 6.92. The first-order valence-corrected chi connectivity index (χ1v) is 15.6. The number of aromatic nitrogens is 4. The van der Waals surface area contributed by atoms with Gasteiger partial charge in [0.25, 0.3) is 11.8 Å². The molecule has 2 aromatic carbocycles. The van der Waals surface area contributed by atoms with E-state index in [2.05, 4.69) is 37.4 Å². The molecule has 45 heavy (non-hydrogen) atoms. The van der Waals surface area contributed by atoms with Gasteiger partial charge in [-0.3, -0.25) is 14.5 Å². The van der Waals surface area contributed by atoms with Gasteiger partial charge in [-0.25, -0.2) is 9.97 Å². The number of β-amino-alcohol motifs (C(OH)–C–C–N with tert-alkyl or cyclic N) is 1. The second-order valence-corrected chi connectivity index (χ2v) is 12.5. The van der Waals surface area contributed by atoms with Crippen molar-refractivity contribution in [2.24, 2.45) is 14.1 Å². The van der Waals surface area contributed by atoms with Gasteiger partial charge in [-0.2, -0.15) is 0 Å². The van der Waals surface area contributed by atoms with Crippen LogP contribution < -0.4 is 10.6 Å². The SMILES string of the molecule is Cc1c(NC(=O)c2nc3c(n2C)CCN(C)C3)cccc1-c1cccc(NC(=O)c2nc3c(n2C)CCN(CC(C)O)C3)c1Cl. The normalized spacial score (nSPS) is 15.8. The van der Waals surface area contributed by atoms with Gasteiger partial charge in [0.2, 0.25) is 0 Å². The van der Waals surface area contributed by atoms with E-state index in [0.717, 1.165) is 71.9 Å². The molecule has 3 N–H and O–H groups in total. The highest BCUT2D eigenvalue weighted by Gasteiger charge is 2.27. The zero-order chi connectivity index (χ0) is 32.0. The van der Waals surface area contributed by atoms with Crippen LogP contribution in [-0.2, 0) is 40.0 Å². The number of amides is 2. The predicted molar refractivity (Wildman–Crippen MR) is 175 cm³/mol. The third-order valence-corrected chi connectivity index (χ3v) is 9.24. The number of hydrogen-bond donors (Lipinski definition) is 3. The van der Waals surface area contributed by atoms with Crippen LogP contribution >= 0.6 is 11.6 Å². The summed E-state index contributed by atoms with van der Waals surface area (Å²) in [6, 6.07) is 11.2. The molecule has 1 unspecified atom stereocenters. The number of hydrogen-bond acceptors (Lipinski definition) is 7. The van der Waals surface area contributed by atoms with Gasteiger partial charge in [0, 0.05) is 82.3 Å². The van der Waals surface area contributed by atoms with Crippen LogP contribution in [-0.4, -0.2) is 78.6 Å². The smallest absolute Gasteiger partial charge is 0.291 e. The van der Waals surface area contributed by atoms with E-state index in [-0.39, 0.29) is 11.8 Å². The molecule has 0 bridgehead atoms. The van der Waals surface area contributed by atoms with Gasteiger partial charge in [0.05, 0.1) is 28.2 Å². The number of nitrogens with zero attached hydrogens (tertiary/aromatic N) is 6. The van der Waals surface area contributed by atoms with Gasteiger partial charge in [-0.1, -0.05) is 35.9 Å². The highest BCUT2D eigenvalue weighted by molar-refractivity contribution is 6.36. The molecular weight excluding hydrogens is 592 g/mol. The quantitative estimate of drug-likeness (QED) is 0.282. The van der Waals surface area contributed by atoms with E-state index in [0.29, 0.717) is 41.1 Å². The lowest BCUT2D eigenvalue weighted by atomic mass is 9.98. The maximum Gasteiger partial charge on any atom is 0.291 e. The number of halogens is 1. The van der Waals surface area contributed by atoms with Crippen molar-refractivity contribution in [3.63, 3.8) is 0 Å². The van der Waals surface area contributed by atoms with Crippen molar-refractivity contribution in [1.82, 2.24) is 28.9 Å². The molecule has 236 valence electrons. The van der Waals surface area contributed by atoms with E-state index < -0.39 is 6.10 Å². The number of anilines is 2. The maximum absolute atomic E-state index is 13.4. The molecule has 0 aliphatic carbocycles. The molecule has 6 rings (SSSR count). The number of nitrogens with one attached hydrogen (secondary N) is 2. The van der Waals surface area contributed by atoms with E-state index in [9.17, 15) is 14.7 Å². The molecule has 2 aromatic heterocycles. The molecule has 2 aliphatic heterocycles. The summed E-state index contributed by atoms with van der Waals surface area (Å²) in [4.78, 5) is 40.5. The van der Waals surface area contributed by atoms with Gasteiger partial charge < -0.3 is 29.8 Å². The third-order valence-electron chi connectivity index (χ3n) is 8.83. The van der Waals surface area contributed by atoms with E-state index >= 15 is 0 Å². The standard InChI is InChI=1S/C33H39ClN8O3/c1-19(43)16-42-15-13-28-26(18-42)36-31(41(28)5)33(45)38-24-11-7-9-22(29(24)34)21-8-6-10-23(20(21)2)37-32(44)30-35-25-17-39(3)14-12-27(25)40(30)4/h6-11,19,43H,12-18H2,1-5H3,(H,37,44)(H,38,45). The number of rotatable bonds is 7.